The molecule has 0 unspecified atom stereocenters. The Balaban J connectivity index is 2.44. The summed E-state index contributed by atoms with van der Waals surface area (Å²) < 4.78 is 11.0. The highest BCUT2D eigenvalue weighted by Gasteiger charge is 2.42. The Hall–Kier alpha value is -1.22. The van der Waals surface area contributed by atoms with Gasteiger partial charge in [-0.3, -0.25) is 0 Å². The Bertz CT molecular complexity index is 397. The van der Waals surface area contributed by atoms with Crippen molar-refractivity contribution in [2.45, 2.75) is 32.2 Å². The summed E-state index contributed by atoms with van der Waals surface area (Å²) in [4.78, 5) is 0. The van der Waals surface area contributed by atoms with Gasteiger partial charge in [0.2, 0.25) is 0 Å². The lowest BCUT2D eigenvalue weighted by Gasteiger charge is -2.17. The maximum atomic E-state index is 6.22. The first kappa shape index (κ1) is 11.3. The number of benzene rings is 1. The van der Waals surface area contributed by atoms with Gasteiger partial charge in [-0.1, -0.05) is 0 Å². The fourth-order valence-corrected chi connectivity index (χ4v) is 1.93. The van der Waals surface area contributed by atoms with E-state index in [-0.39, 0.29) is 5.54 Å². The SMILES string of the molecule is CCOc1cc(C2(N)CC2)c(OC)cc1C. The third-order valence-electron chi connectivity index (χ3n) is 3.12. The van der Waals surface area contributed by atoms with E-state index in [1.54, 1.807) is 7.11 Å². The maximum Gasteiger partial charge on any atom is 0.124 e. The van der Waals surface area contributed by atoms with Gasteiger partial charge in [0.25, 0.3) is 0 Å². The molecule has 1 aromatic rings. The van der Waals surface area contributed by atoms with Gasteiger partial charge < -0.3 is 15.2 Å². The van der Waals surface area contributed by atoms with Crippen LogP contribution in [0.2, 0.25) is 0 Å². The van der Waals surface area contributed by atoms with Gasteiger partial charge in [-0.25, -0.2) is 0 Å². The van der Waals surface area contributed by atoms with Gasteiger partial charge >= 0.3 is 0 Å². The lowest BCUT2D eigenvalue weighted by atomic mass is 10.0. The highest BCUT2D eigenvalue weighted by molar-refractivity contribution is 5.50. The number of methoxy groups -OCH3 is 1. The van der Waals surface area contributed by atoms with Crippen LogP contribution in [0.4, 0.5) is 0 Å². The largest absolute Gasteiger partial charge is 0.496 e. The van der Waals surface area contributed by atoms with Gasteiger partial charge in [-0.15, -0.1) is 0 Å². The number of hydrogen-bond donors (Lipinski definition) is 1. The maximum absolute atomic E-state index is 6.22. The van der Waals surface area contributed by atoms with E-state index in [0.29, 0.717) is 6.61 Å². The van der Waals surface area contributed by atoms with Crippen LogP contribution in [0.3, 0.4) is 0 Å². The van der Waals surface area contributed by atoms with Gasteiger partial charge in [0.15, 0.2) is 0 Å². The number of nitrogens with two attached hydrogens (primary N) is 1. The zero-order chi connectivity index (χ0) is 11.8. The number of rotatable bonds is 4. The Morgan fingerprint density at radius 2 is 2.00 bits per heavy atom. The molecule has 3 nitrogen and oxygen atoms in total. The Kier molecular flexibility index (Phi) is 2.80. The van der Waals surface area contributed by atoms with Gasteiger partial charge in [-0.05, 0) is 44.4 Å². The van der Waals surface area contributed by atoms with E-state index in [4.69, 9.17) is 15.2 Å². The first-order chi connectivity index (χ1) is 7.60. The minimum absolute atomic E-state index is 0.190. The summed E-state index contributed by atoms with van der Waals surface area (Å²) in [5.74, 6) is 1.79. The average molecular weight is 221 g/mol. The molecule has 2 N–H and O–H groups in total. The lowest BCUT2D eigenvalue weighted by molar-refractivity contribution is 0.335. The third-order valence-corrected chi connectivity index (χ3v) is 3.12. The third kappa shape index (κ3) is 1.87. The van der Waals surface area contributed by atoms with Crippen LogP contribution in [0.1, 0.15) is 30.9 Å². The van der Waals surface area contributed by atoms with E-state index < -0.39 is 0 Å². The number of hydrogen-bond acceptors (Lipinski definition) is 3. The average Bonchev–Trinajstić information content (AvgIpc) is 3.00. The predicted molar refractivity (Wildman–Crippen MR) is 64.0 cm³/mol. The van der Waals surface area contributed by atoms with Crippen molar-refractivity contribution in [1.82, 2.24) is 0 Å². The molecule has 0 saturated heterocycles. The van der Waals surface area contributed by atoms with Gasteiger partial charge in [0.05, 0.1) is 13.7 Å². The summed E-state index contributed by atoms with van der Waals surface area (Å²) in [6.07, 6.45) is 2.05. The van der Waals surface area contributed by atoms with E-state index in [2.05, 4.69) is 0 Å². The standard InChI is InChI=1S/C13H19NO2/c1-4-16-11-8-10(13(14)5-6-13)12(15-3)7-9(11)2/h7-8H,4-6,14H2,1-3H3. The van der Waals surface area contributed by atoms with Crippen molar-refractivity contribution >= 4 is 0 Å². The van der Waals surface area contributed by atoms with Crippen LogP contribution in [0.5, 0.6) is 11.5 Å². The van der Waals surface area contributed by atoms with Crippen molar-refractivity contribution in [2.75, 3.05) is 13.7 Å². The Morgan fingerprint density at radius 3 is 2.50 bits per heavy atom. The highest BCUT2D eigenvalue weighted by Crippen LogP contribution is 2.48. The van der Waals surface area contributed by atoms with Crippen molar-refractivity contribution in [3.8, 4) is 11.5 Å². The van der Waals surface area contributed by atoms with Crippen LogP contribution < -0.4 is 15.2 Å². The van der Waals surface area contributed by atoms with Crippen molar-refractivity contribution in [3.05, 3.63) is 23.3 Å². The zero-order valence-electron chi connectivity index (χ0n) is 10.2. The second kappa shape index (κ2) is 3.98. The summed E-state index contributed by atoms with van der Waals surface area (Å²) in [5.41, 5.74) is 8.20. The van der Waals surface area contributed by atoms with Gasteiger partial charge in [0.1, 0.15) is 11.5 Å². The van der Waals surface area contributed by atoms with Crippen molar-refractivity contribution < 1.29 is 9.47 Å². The Labute approximate surface area is 96.5 Å². The van der Waals surface area contributed by atoms with Crippen LogP contribution in [-0.4, -0.2) is 13.7 Å². The van der Waals surface area contributed by atoms with Crippen LogP contribution in [0.15, 0.2) is 12.1 Å². The quantitative estimate of drug-likeness (QED) is 0.848. The zero-order valence-corrected chi connectivity index (χ0v) is 10.2. The Morgan fingerprint density at radius 1 is 1.31 bits per heavy atom. The van der Waals surface area contributed by atoms with Gasteiger partial charge in [0, 0.05) is 11.1 Å². The number of aryl methyl sites for hydroxylation is 1. The summed E-state index contributed by atoms with van der Waals surface area (Å²) in [7, 11) is 1.68. The van der Waals surface area contributed by atoms with Crippen LogP contribution in [-0.2, 0) is 5.54 Å². The molecule has 1 fully saturated rings. The van der Waals surface area contributed by atoms with E-state index in [1.807, 2.05) is 26.0 Å². The van der Waals surface area contributed by atoms with Crippen LogP contribution in [0, 0.1) is 6.92 Å². The molecule has 0 aliphatic heterocycles. The minimum Gasteiger partial charge on any atom is -0.496 e. The molecule has 0 heterocycles. The fourth-order valence-electron chi connectivity index (χ4n) is 1.93. The molecule has 0 aromatic heterocycles. The molecule has 1 aliphatic carbocycles. The topological polar surface area (TPSA) is 44.5 Å². The second-order valence-corrected chi connectivity index (χ2v) is 4.41. The molecule has 0 atom stereocenters. The highest BCUT2D eigenvalue weighted by atomic mass is 16.5. The molecule has 0 bridgehead atoms. The molecule has 0 spiro atoms. The van der Waals surface area contributed by atoms with Crippen LogP contribution >= 0.6 is 0 Å². The molecule has 0 amide bonds. The predicted octanol–water partition coefficient (Wildman–Crippen LogP) is 2.35. The molecule has 1 aromatic carbocycles. The number of ether oxygens (including phenoxy) is 2. The molecule has 0 radical (unpaired) electrons. The first-order valence-corrected chi connectivity index (χ1v) is 5.71. The molecular weight excluding hydrogens is 202 g/mol. The summed E-state index contributed by atoms with van der Waals surface area (Å²) >= 11 is 0. The lowest BCUT2D eigenvalue weighted by Crippen LogP contribution is -2.20. The molecule has 16 heavy (non-hydrogen) atoms. The second-order valence-electron chi connectivity index (χ2n) is 4.41. The van der Waals surface area contributed by atoms with Crippen molar-refractivity contribution in [1.29, 1.82) is 0 Å². The summed E-state index contributed by atoms with van der Waals surface area (Å²) in [5, 5.41) is 0. The molecular formula is C13H19NO2. The van der Waals surface area contributed by atoms with Crippen molar-refractivity contribution in [3.63, 3.8) is 0 Å². The molecule has 2 rings (SSSR count). The minimum atomic E-state index is -0.190. The van der Waals surface area contributed by atoms with E-state index in [1.165, 1.54) is 0 Å². The van der Waals surface area contributed by atoms with E-state index in [9.17, 15) is 0 Å². The smallest absolute Gasteiger partial charge is 0.124 e. The van der Waals surface area contributed by atoms with Crippen LogP contribution in [0.25, 0.3) is 0 Å². The monoisotopic (exact) mass is 221 g/mol. The normalized spacial score (nSPS) is 17.0. The molecule has 1 saturated carbocycles. The molecule has 1 aliphatic rings. The first-order valence-electron chi connectivity index (χ1n) is 5.71. The summed E-state index contributed by atoms with van der Waals surface area (Å²) in [6, 6.07) is 4.04. The fraction of sp³-hybridized carbons (Fsp3) is 0.538. The molecule has 88 valence electrons. The van der Waals surface area contributed by atoms with E-state index in [0.717, 1.165) is 35.5 Å². The van der Waals surface area contributed by atoms with Gasteiger partial charge in [-0.2, -0.15) is 0 Å². The van der Waals surface area contributed by atoms with E-state index >= 15 is 0 Å². The summed E-state index contributed by atoms with van der Waals surface area (Å²) in [6.45, 7) is 4.68. The molecule has 3 heteroatoms. The van der Waals surface area contributed by atoms with Crippen molar-refractivity contribution in [2.24, 2.45) is 5.73 Å².